The van der Waals surface area contributed by atoms with Gasteiger partial charge in [-0.1, -0.05) is 0 Å². The molecule has 0 saturated carbocycles. The fraction of sp³-hybridized carbons (Fsp3) is 0.583. The molecule has 88 valence electrons. The van der Waals surface area contributed by atoms with Crippen molar-refractivity contribution < 1.29 is 9.84 Å². The molecule has 2 rings (SSSR count). The number of nitrogens with two attached hydrogens (primary N) is 1. The smallest absolute Gasteiger partial charge is 0.129 e. The minimum absolute atomic E-state index is 0.152. The number of aliphatic hydroxyl groups excluding tert-OH is 1. The summed E-state index contributed by atoms with van der Waals surface area (Å²) in [5, 5.41) is 10.2. The van der Waals surface area contributed by atoms with Crippen molar-refractivity contribution in [2.24, 2.45) is 0 Å². The number of nitrogen functional groups attached to an aromatic ring is 1. The van der Waals surface area contributed by atoms with E-state index < -0.39 is 6.10 Å². The summed E-state index contributed by atoms with van der Waals surface area (Å²) in [6.07, 6.45) is 2.96. The van der Waals surface area contributed by atoms with Crippen molar-refractivity contribution in [3.8, 4) is 0 Å². The van der Waals surface area contributed by atoms with Crippen LogP contribution in [0.15, 0.2) is 12.3 Å². The molecule has 16 heavy (non-hydrogen) atoms. The fourth-order valence-electron chi connectivity index (χ4n) is 2.11. The molecule has 0 spiro atoms. The van der Waals surface area contributed by atoms with E-state index in [-0.39, 0.29) is 12.2 Å². The zero-order chi connectivity index (χ0) is 11.7. The first-order valence-electron chi connectivity index (χ1n) is 5.63. The predicted octanol–water partition coefficient (Wildman–Crippen LogP) is 1.57. The van der Waals surface area contributed by atoms with Crippen molar-refractivity contribution in [3.05, 3.63) is 23.4 Å². The summed E-state index contributed by atoms with van der Waals surface area (Å²) >= 11 is 0. The van der Waals surface area contributed by atoms with E-state index in [9.17, 15) is 5.11 Å². The van der Waals surface area contributed by atoms with Gasteiger partial charge in [-0.2, -0.15) is 0 Å². The van der Waals surface area contributed by atoms with Crippen LogP contribution in [0.5, 0.6) is 0 Å². The van der Waals surface area contributed by atoms with E-state index >= 15 is 0 Å². The molecular formula is C12H18N2O2. The first kappa shape index (κ1) is 11.4. The summed E-state index contributed by atoms with van der Waals surface area (Å²) < 4.78 is 5.64. The van der Waals surface area contributed by atoms with Gasteiger partial charge in [-0.25, -0.2) is 4.98 Å². The molecule has 0 aliphatic carbocycles. The quantitative estimate of drug-likeness (QED) is 0.797. The summed E-state index contributed by atoms with van der Waals surface area (Å²) in [6.45, 7) is 3.95. The van der Waals surface area contributed by atoms with Crippen LogP contribution in [0.3, 0.4) is 0 Å². The second kappa shape index (κ2) is 4.39. The summed E-state index contributed by atoms with van der Waals surface area (Å²) in [4.78, 5) is 4.05. The van der Waals surface area contributed by atoms with Gasteiger partial charge in [0.2, 0.25) is 0 Å². The Morgan fingerprint density at radius 2 is 2.31 bits per heavy atom. The number of hydrogen-bond donors (Lipinski definition) is 2. The lowest BCUT2D eigenvalue weighted by atomic mass is 10.0. The average molecular weight is 222 g/mol. The number of aryl methyl sites for hydroxylation is 1. The second-order valence-electron chi connectivity index (χ2n) is 4.49. The van der Waals surface area contributed by atoms with E-state index in [4.69, 9.17) is 10.5 Å². The lowest BCUT2D eigenvalue weighted by Crippen LogP contribution is -2.20. The van der Waals surface area contributed by atoms with Crippen molar-refractivity contribution in [1.29, 1.82) is 0 Å². The Balaban J connectivity index is 2.20. The van der Waals surface area contributed by atoms with Crippen LogP contribution in [0, 0.1) is 6.92 Å². The van der Waals surface area contributed by atoms with Crippen LogP contribution in [0.25, 0.3) is 0 Å². The molecule has 0 bridgehead atoms. The van der Waals surface area contributed by atoms with Gasteiger partial charge >= 0.3 is 0 Å². The molecule has 0 aromatic carbocycles. The summed E-state index contributed by atoms with van der Waals surface area (Å²) in [5.41, 5.74) is 7.44. The van der Waals surface area contributed by atoms with Gasteiger partial charge in [0.1, 0.15) is 11.9 Å². The van der Waals surface area contributed by atoms with Crippen LogP contribution in [0.4, 0.5) is 5.82 Å². The molecule has 2 heterocycles. The Morgan fingerprint density at radius 3 is 2.94 bits per heavy atom. The number of hydrogen-bond acceptors (Lipinski definition) is 4. The standard InChI is InChI=1S/C12H18N2O2/c1-7-5-9(12(13)14-6-7)11(15)10-4-3-8(2)16-10/h5-6,8,10-11,15H,3-4H2,1-2H3,(H2,13,14). The van der Waals surface area contributed by atoms with Crippen LogP contribution in [-0.2, 0) is 4.74 Å². The number of rotatable bonds is 2. The molecule has 1 aromatic heterocycles. The Bertz CT molecular complexity index is 381. The van der Waals surface area contributed by atoms with Gasteiger partial charge in [-0.3, -0.25) is 0 Å². The second-order valence-corrected chi connectivity index (χ2v) is 4.49. The molecule has 4 nitrogen and oxygen atoms in total. The van der Waals surface area contributed by atoms with E-state index in [0.717, 1.165) is 18.4 Å². The largest absolute Gasteiger partial charge is 0.386 e. The number of ether oxygens (including phenoxy) is 1. The lowest BCUT2D eigenvalue weighted by molar-refractivity contribution is -0.0295. The molecule has 3 atom stereocenters. The van der Waals surface area contributed by atoms with E-state index in [1.807, 2.05) is 19.9 Å². The third-order valence-electron chi connectivity index (χ3n) is 3.02. The zero-order valence-electron chi connectivity index (χ0n) is 9.68. The first-order valence-corrected chi connectivity index (χ1v) is 5.63. The van der Waals surface area contributed by atoms with Crippen LogP contribution in [-0.4, -0.2) is 22.3 Å². The van der Waals surface area contributed by atoms with Gasteiger partial charge in [-0.15, -0.1) is 0 Å². The molecule has 1 aliphatic heterocycles. The number of anilines is 1. The van der Waals surface area contributed by atoms with Crippen molar-refractivity contribution in [3.63, 3.8) is 0 Å². The van der Waals surface area contributed by atoms with Crippen molar-refractivity contribution in [2.75, 3.05) is 5.73 Å². The third-order valence-corrected chi connectivity index (χ3v) is 3.02. The van der Waals surface area contributed by atoms with E-state index in [0.29, 0.717) is 11.4 Å². The van der Waals surface area contributed by atoms with Crippen LogP contribution >= 0.6 is 0 Å². The SMILES string of the molecule is Cc1cnc(N)c(C(O)C2CCC(C)O2)c1. The monoisotopic (exact) mass is 222 g/mol. The number of aromatic nitrogens is 1. The van der Waals surface area contributed by atoms with Crippen LogP contribution in [0.2, 0.25) is 0 Å². The molecule has 3 N–H and O–H groups in total. The average Bonchev–Trinajstić information content (AvgIpc) is 2.67. The topological polar surface area (TPSA) is 68.4 Å². The van der Waals surface area contributed by atoms with Gasteiger partial charge in [-0.05, 0) is 38.3 Å². The predicted molar refractivity (Wildman–Crippen MR) is 61.9 cm³/mol. The van der Waals surface area contributed by atoms with Crippen LogP contribution in [0.1, 0.15) is 37.0 Å². The minimum Gasteiger partial charge on any atom is -0.386 e. The summed E-state index contributed by atoms with van der Waals surface area (Å²) in [5.74, 6) is 0.390. The summed E-state index contributed by atoms with van der Waals surface area (Å²) in [7, 11) is 0. The maximum Gasteiger partial charge on any atom is 0.129 e. The maximum absolute atomic E-state index is 10.2. The molecule has 1 saturated heterocycles. The van der Waals surface area contributed by atoms with Gasteiger partial charge in [0.25, 0.3) is 0 Å². The summed E-state index contributed by atoms with van der Waals surface area (Å²) in [6, 6.07) is 1.87. The van der Waals surface area contributed by atoms with Crippen LogP contribution < -0.4 is 5.73 Å². The lowest BCUT2D eigenvalue weighted by Gasteiger charge is -2.20. The van der Waals surface area contributed by atoms with Gasteiger partial charge in [0.15, 0.2) is 0 Å². The maximum atomic E-state index is 10.2. The molecular weight excluding hydrogens is 204 g/mol. The van der Waals surface area contributed by atoms with E-state index in [1.165, 1.54) is 0 Å². The van der Waals surface area contributed by atoms with Gasteiger partial charge in [0, 0.05) is 11.8 Å². The zero-order valence-corrected chi connectivity index (χ0v) is 9.68. The molecule has 1 aromatic rings. The Hall–Kier alpha value is -1.13. The highest BCUT2D eigenvalue weighted by molar-refractivity contribution is 5.42. The molecule has 1 fully saturated rings. The molecule has 4 heteroatoms. The van der Waals surface area contributed by atoms with Gasteiger partial charge < -0.3 is 15.6 Å². The number of aliphatic hydroxyl groups is 1. The molecule has 0 radical (unpaired) electrons. The Kier molecular flexibility index (Phi) is 3.12. The highest BCUT2D eigenvalue weighted by atomic mass is 16.5. The van der Waals surface area contributed by atoms with Crippen molar-refractivity contribution >= 4 is 5.82 Å². The Morgan fingerprint density at radius 1 is 1.56 bits per heavy atom. The normalized spacial score (nSPS) is 26.9. The third kappa shape index (κ3) is 2.18. The molecule has 0 amide bonds. The number of nitrogens with zero attached hydrogens (tertiary/aromatic N) is 1. The van der Waals surface area contributed by atoms with Crippen molar-refractivity contribution in [1.82, 2.24) is 4.98 Å². The van der Waals surface area contributed by atoms with E-state index in [2.05, 4.69) is 4.98 Å². The highest BCUT2D eigenvalue weighted by Gasteiger charge is 2.30. The van der Waals surface area contributed by atoms with E-state index in [1.54, 1.807) is 6.20 Å². The Labute approximate surface area is 95.4 Å². The van der Waals surface area contributed by atoms with Crippen molar-refractivity contribution in [2.45, 2.75) is 45.0 Å². The first-order chi connectivity index (χ1) is 7.58. The molecule has 1 aliphatic rings. The minimum atomic E-state index is -0.669. The fourth-order valence-corrected chi connectivity index (χ4v) is 2.11. The molecule has 3 unspecified atom stereocenters. The number of pyridine rings is 1. The van der Waals surface area contributed by atoms with Gasteiger partial charge in [0.05, 0.1) is 12.2 Å². The highest BCUT2D eigenvalue weighted by Crippen LogP contribution is 2.32.